The number of hydrogen-bond donors (Lipinski definition) is 1. The Labute approximate surface area is 161 Å². The smallest absolute Gasteiger partial charge is 0.265 e. The molecule has 2 aromatic carbocycles. The molecule has 0 aliphatic heterocycles. The summed E-state index contributed by atoms with van der Waals surface area (Å²) in [6.45, 7) is 3.46. The van der Waals surface area contributed by atoms with Gasteiger partial charge >= 0.3 is 0 Å². The number of rotatable bonds is 5. The van der Waals surface area contributed by atoms with Crippen LogP contribution in [0.5, 0.6) is 5.88 Å². The highest BCUT2D eigenvalue weighted by atomic mass is 16.5. The Kier molecular flexibility index (Phi) is 4.72. The van der Waals surface area contributed by atoms with Gasteiger partial charge in [0, 0.05) is 11.3 Å². The summed E-state index contributed by atoms with van der Waals surface area (Å²) in [5.74, 6) is 0.455. The van der Waals surface area contributed by atoms with Crippen molar-refractivity contribution in [3.63, 3.8) is 0 Å². The first-order valence-corrected chi connectivity index (χ1v) is 8.79. The lowest BCUT2D eigenvalue weighted by molar-refractivity contribution is -0.118. The minimum Gasteiger partial charge on any atom is -0.467 e. The second kappa shape index (κ2) is 7.48. The van der Waals surface area contributed by atoms with Gasteiger partial charge in [-0.3, -0.25) is 4.79 Å². The summed E-state index contributed by atoms with van der Waals surface area (Å²) in [4.78, 5) is 20.9. The number of anilines is 1. The zero-order valence-corrected chi connectivity index (χ0v) is 15.5. The molecule has 1 N–H and O–H groups in total. The molecule has 0 saturated carbocycles. The van der Waals surface area contributed by atoms with Gasteiger partial charge in [0.15, 0.2) is 6.61 Å². The molecule has 0 unspecified atom stereocenters. The molecule has 0 fully saturated rings. The summed E-state index contributed by atoms with van der Waals surface area (Å²) in [5.41, 5.74) is 3.46. The number of hydrogen-bond acceptors (Lipinski definition) is 6. The SMILES string of the molecule is Cc1nc(OCC(=O)Nc2ccccc2C)c2c(-c3ccccc3)noc2n1. The van der Waals surface area contributed by atoms with Gasteiger partial charge in [0.2, 0.25) is 5.88 Å². The van der Waals surface area contributed by atoms with Gasteiger partial charge in [0.05, 0.1) is 0 Å². The zero-order chi connectivity index (χ0) is 19.5. The number of carbonyl (C=O) groups is 1. The predicted octanol–water partition coefficient (Wildman–Crippen LogP) is 3.92. The summed E-state index contributed by atoms with van der Waals surface area (Å²) in [5, 5.41) is 7.49. The van der Waals surface area contributed by atoms with Crippen LogP contribution >= 0.6 is 0 Å². The maximum atomic E-state index is 12.3. The van der Waals surface area contributed by atoms with Crippen LogP contribution in [0.25, 0.3) is 22.4 Å². The van der Waals surface area contributed by atoms with E-state index in [1.165, 1.54) is 0 Å². The van der Waals surface area contributed by atoms with Crippen molar-refractivity contribution in [2.75, 3.05) is 11.9 Å². The van der Waals surface area contributed by atoms with E-state index in [4.69, 9.17) is 9.26 Å². The first kappa shape index (κ1) is 17.7. The van der Waals surface area contributed by atoms with Crippen molar-refractivity contribution in [1.29, 1.82) is 0 Å². The number of benzene rings is 2. The highest BCUT2D eigenvalue weighted by Gasteiger charge is 2.19. The van der Waals surface area contributed by atoms with Gasteiger partial charge in [-0.05, 0) is 25.5 Å². The second-order valence-electron chi connectivity index (χ2n) is 6.31. The van der Waals surface area contributed by atoms with E-state index >= 15 is 0 Å². The van der Waals surface area contributed by atoms with Crippen LogP contribution in [0.1, 0.15) is 11.4 Å². The van der Waals surface area contributed by atoms with E-state index in [0.717, 1.165) is 16.8 Å². The first-order valence-electron chi connectivity index (χ1n) is 8.79. The average Bonchev–Trinajstić information content (AvgIpc) is 3.12. The molecule has 0 spiro atoms. The topological polar surface area (TPSA) is 90.1 Å². The number of fused-ring (bicyclic) bond motifs is 1. The van der Waals surface area contributed by atoms with Crippen molar-refractivity contribution in [3.05, 3.63) is 66.0 Å². The lowest BCUT2D eigenvalue weighted by Gasteiger charge is -2.10. The van der Waals surface area contributed by atoms with E-state index < -0.39 is 0 Å². The van der Waals surface area contributed by atoms with E-state index in [1.807, 2.05) is 61.5 Å². The predicted molar refractivity (Wildman–Crippen MR) is 105 cm³/mol. The van der Waals surface area contributed by atoms with Crippen molar-refractivity contribution < 1.29 is 14.1 Å². The van der Waals surface area contributed by atoms with Crippen LogP contribution in [-0.4, -0.2) is 27.6 Å². The Bertz CT molecular complexity index is 1140. The maximum absolute atomic E-state index is 12.3. The molecule has 7 nitrogen and oxygen atoms in total. The monoisotopic (exact) mass is 374 g/mol. The molecule has 2 heterocycles. The van der Waals surface area contributed by atoms with Crippen molar-refractivity contribution in [3.8, 4) is 17.1 Å². The van der Waals surface area contributed by atoms with E-state index in [9.17, 15) is 4.79 Å². The molecule has 1 amide bonds. The van der Waals surface area contributed by atoms with E-state index in [-0.39, 0.29) is 18.4 Å². The fraction of sp³-hybridized carbons (Fsp3) is 0.143. The fourth-order valence-electron chi connectivity index (χ4n) is 2.86. The van der Waals surface area contributed by atoms with Gasteiger partial charge < -0.3 is 14.6 Å². The minimum atomic E-state index is -0.281. The average molecular weight is 374 g/mol. The highest BCUT2D eigenvalue weighted by Crippen LogP contribution is 2.32. The summed E-state index contributed by atoms with van der Waals surface area (Å²) in [7, 11) is 0. The molecule has 0 radical (unpaired) electrons. The Morgan fingerprint density at radius 3 is 2.57 bits per heavy atom. The third kappa shape index (κ3) is 3.55. The Morgan fingerprint density at radius 1 is 1.04 bits per heavy atom. The molecular weight excluding hydrogens is 356 g/mol. The Morgan fingerprint density at radius 2 is 1.79 bits per heavy atom. The number of aryl methyl sites for hydroxylation is 2. The number of aromatic nitrogens is 3. The quantitative estimate of drug-likeness (QED) is 0.569. The number of ether oxygens (including phenoxy) is 1. The fourth-order valence-corrected chi connectivity index (χ4v) is 2.86. The third-order valence-electron chi connectivity index (χ3n) is 4.22. The molecule has 28 heavy (non-hydrogen) atoms. The molecule has 0 saturated heterocycles. The number of carbonyl (C=O) groups excluding carboxylic acids is 1. The summed E-state index contributed by atoms with van der Waals surface area (Å²) in [6.07, 6.45) is 0. The van der Waals surface area contributed by atoms with Crippen LogP contribution in [-0.2, 0) is 4.79 Å². The first-order chi connectivity index (χ1) is 13.6. The van der Waals surface area contributed by atoms with Crippen LogP contribution in [0.2, 0.25) is 0 Å². The van der Waals surface area contributed by atoms with Crippen molar-refractivity contribution >= 4 is 22.7 Å². The van der Waals surface area contributed by atoms with Crippen molar-refractivity contribution in [2.45, 2.75) is 13.8 Å². The molecule has 0 aliphatic carbocycles. The molecule has 0 aliphatic rings. The molecule has 4 aromatic rings. The molecule has 0 bridgehead atoms. The van der Waals surface area contributed by atoms with Crippen LogP contribution in [0.4, 0.5) is 5.69 Å². The van der Waals surface area contributed by atoms with Crippen molar-refractivity contribution in [1.82, 2.24) is 15.1 Å². The number of nitrogens with zero attached hydrogens (tertiary/aromatic N) is 3. The van der Waals surface area contributed by atoms with Gasteiger partial charge in [-0.1, -0.05) is 53.7 Å². The summed E-state index contributed by atoms with van der Waals surface area (Å²) >= 11 is 0. The van der Waals surface area contributed by atoms with Crippen LogP contribution in [0.15, 0.2) is 59.1 Å². The Hall–Kier alpha value is -3.74. The van der Waals surface area contributed by atoms with E-state index in [0.29, 0.717) is 22.6 Å². The zero-order valence-electron chi connectivity index (χ0n) is 15.5. The van der Waals surface area contributed by atoms with Crippen LogP contribution in [0.3, 0.4) is 0 Å². The maximum Gasteiger partial charge on any atom is 0.265 e. The van der Waals surface area contributed by atoms with Gasteiger partial charge in [0.25, 0.3) is 11.6 Å². The number of nitrogens with one attached hydrogen (secondary N) is 1. The normalized spacial score (nSPS) is 10.8. The highest BCUT2D eigenvalue weighted by molar-refractivity contribution is 5.95. The minimum absolute atomic E-state index is 0.195. The van der Waals surface area contributed by atoms with Crippen molar-refractivity contribution in [2.24, 2.45) is 0 Å². The molecule has 140 valence electrons. The Balaban J connectivity index is 1.60. The van der Waals surface area contributed by atoms with Crippen LogP contribution in [0, 0.1) is 13.8 Å². The summed E-state index contributed by atoms with van der Waals surface area (Å²) in [6, 6.07) is 17.1. The largest absolute Gasteiger partial charge is 0.467 e. The lowest BCUT2D eigenvalue weighted by Crippen LogP contribution is -2.21. The van der Waals surface area contributed by atoms with Gasteiger partial charge in [-0.25, -0.2) is 0 Å². The van der Waals surface area contributed by atoms with E-state index in [2.05, 4.69) is 20.4 Å². The van der Waals surface area contributed by atoms with Gasteiger partial charge in [-0.15, -0.1) is 0 Å². The molecule has 2 aromatic heterocycles. The molecule has 7 heteroatoms. The number of para-hydroxylation sites is 1. The number of amides is 1. The third-order valence-corrected chi connectivity index (χ3v) is 4.22. The van der Waals surface area contributed by atoms with Gasteiger partial charge in [-0.2, -0.15) is 9.97 Å². The van der Waals surface area contributed by atoms with Gasteiger partial charge in [0.1, 0.15) is 16.9 Å². The standard InChI is InChI=1S/C21H18N4O3/c1-13-8-6-7-11-16(13)24-17(26)12-27-20-18-19(15-9-4-3-5-10-15)25-28-21(18)23-14(2)22-20/h3-11H,12H2,1-2H3,(H,24,26). The molecule has 4 rings (SSSR count). The molecular formula is C21H18N4O3. The van der Waals surface area contributed by atoms with Crippen LogP contribution < -0.4 is 10.1 Å². The second-order valence-corrected chi connectivity index (χ2v) is 6.31. The van der Waals surface area contributed by atoms with E-state index in [1.54, 1.807) is 6.92 Å². The lowest BCUT2D eigenvalue weighted by atomic mass is 10.1. The summed E-state index contributed by atoms with van der Waals surface area (Å²) < 4.78 is 11.1. The molecule has 0 atom stereocenters.